The van der Waals surface area contributed by atoms with Crippen LogP contribution in [0, 0.1) is 0 Å². The Morgan fingerprint density at radius 3 is 2.20 bits per heavy atom. The molecule has 8 nitrogen and oxygen atoms in total. The number of anilines is 1. The Balaban J connectivity index is 0.00000253. The zero-order chi connectivity index (χ0) is 38.7. The van der Waals surface area contributed by atoms with Crippen LogP contribution in [-0.2, 0) is 6.54 Å². The van der Waals surface area contributed by atoms with E-state index in [1.165, 1.54) is 46.5 Å². The largest absolute Gasteiger partial charge is 0.497 e. The third-order valence-corrected chi connectivity index (χ3v) is 11.7. The average Bonchev–Trinajstić information content (AvgIpc) is 3.23. The van der Waals surface area contributed by atoms with E-state index in [2.05, 4.69) is 88.1 Å². The van der Waals surface area contributed by atoms with Crippen LogP contribution in [0.25, 0.3) is 17.0 Å². The Bertz CT molecular complexity index is 1930. The minimum absolute atomic E-state index is 0.444. The molecule has 4 aromatic rings. The van der Waals surface area contributed by atoms with Crippen LogP contribution in [0.15, 0.2) is 95.5 Å². The van der Waals surface area contributed by atoms with Crippen molar-refractivity contribution in [1.29, 1.82) is 0 Å². The minimum atomic E-state index is 0.444. The van der Waals surface area contributed by atoms with Gasteiger partial charge in [-0.25, -0.2) is 0 Å². The summed E-state index contributed by atoms with van der Waals surface area (Å²) in [5, 5.41) is 3.67. The van der Waals surface area contributed by atoms with Crippen LogP contribution in [-0.4, -0.2) is 76.8 Å². The minimum Gasteiger partial charge on any atom is -0.497 e. The number of hydrogen-bond donors (Lipinski definition) is 1. The van der Waals surface area contributed by atoms with Gasteiger partial charge >= 0.3 is 0 Å². The number of hydrogen-bond acceptors (Lipinski definition) is 9. The summed E-state index contributed by atoms with van der Waals surface area (Å²) in [7, 11) is 6.68. The van der Waals surface area contributed by atoms with Gasteiger partial charge < -0.3 is 29.2 Å². The number of likely N-dealkylation sites (tertiary alicyclic amines) is 1. The van der Waals surface area contributed by atoms with Crippen molar-refractivity contribution in [1.82, 2.24) is 15.2 Å². The van der Waals surface area contributed by atoms with Crippen LogP contribution in [0.3, 0.4) is 0 Å². The number of ether oxygens (including phenoxy) is 4. The first-order valence-corrected chi connectivity index (χ1v) is 20.9. The van der Waals surface area contributed by atoms with Gasteiger partial charge in [0.1, 0.15) is 5.75 Å². The van der Waals surface area contributed by atoms with Crippen LogP contribution < -0.4 is 29.2 Å². The van der Waals surface area contributed by atoms with E-state index in [1.54, 1.807) is 40.2 Å². The Labute approximate surface area is 332 Å². The Kier molecular flexibility index (Phi) is 14.1. The summed E-state index contributed by atoms with van der Waals surface area (Å²) in [6.45, 7) is 8.65. The van der Waals surface area contributed by atoms with Gasteiger partial charge in [0.05, 0.1) is 34.1 Å². The van der Waals surface area contributed by atoms with Crippen molar-refractivity contribution in [3.8, 4) is 34.3 Å². The van der Waals surface area contributed by atoms with E-state index < -0.39 is 0 Å². The molecule has 0 atom stereocenters. The molecule has 9 heteroatoms. The normalized spacial score (nSPS) is 16.1. The summed E-state index contributed by atoms with van der Waals surface area (Å²) >= 11 is 1.80. The first kappa shape index (κ1) is 40.1. The summed E-state index contributed by atoms with van der Waals surface area (Å²) in [5.74, 6) is 3.44. The number of methoxy groups -OCH3 is 4. The molecule has 1 N–H and O–H groups in total. The lowest BCUT2D eigenvalue weighted by molar-refractivity contribution is 0.202. The maximum atomic E-state index is 5.69. The van der Waals surface area contributed by atoms with E-state index in [1.807, 2.05) is 32.2 Å². The molecule has 2 aliphatic heterocycles. The smallest absolute Gasteiger partial charge is 0.203 e. The number of dihydropyridines is 1. The molecule has 3 aliphatic rings. The molecule has 3 heterocycles. The van der Waals surface area contributed by atoms with Gasteiger partial charge in [0, 0.05) is 72.4 Å². The quantitative estimate of drug-likeness (QED) is 0.127. The van der Waals surface area contributed by atoms with Crippen LogP contribution in [0.4, 0.5) is 5.69 Å². The highest BCUT2D eigenvalue weighted by atomic mass is 32.2. The standard InChI is InChI=1S/C44H52N4O4S.C2H6/c1-49-38-22-33(32-8-6-9-32)21-34(23-38)41-20-30(14-17-45-41)28-47-18-15-36(16-19-47)48(37-10-7-11-39(26-37)53-5)29-31-12-13-40(46-27-31)35-24-42(50-2)44(52-4)43(25-35)51-3;1-2/h7,10-14,17,20-26,32,36,46H,6,8-9,15-16,18-19,27-29H2,1-5H3;1-2H3. The third kappa shape index (κ3) is 9.62. The monoisotopic (exact) mass is 762 g/mol. The Morgan fingerprint density at radius 1 is 0.818 bits per heavy atom. The highest BCUT2D eigenvalue weighted by Crippen LogP contribution is 2.41. The first-order chi connectivity index (χ1) is 27.0. The highest BCUT2D eigenvalue weighted by molar-refractivity contribution is 7.98. The van der Waals surface area contributed by atoms with Gasteiger partial charge in [-0.1, -0.05) is 32.4 Å². The Hall–Kier alpha value is -4.60. The van der Waals surface area contributed by atoms with Gasteiger partial charge in [0.2, 0.25) is 5.75 Å². The number of allylic oxidation sites excluding steroid dienone is 2. The molecule has 55 heavy (non-hydrogen) atoms. The van der Waals surface area contributed by atoms with Crippen molar-refractivity contribution in [2.45, 2.75) is 69.4 Å². The molecule has 292 valence electrons. The molecular formula is C46H58N4O4S. The van der Waals surface area contributed by atoms with E-state index in [0.29, 0.717) is 29.2 Å². The average molecular weight is 763 g/mol. The first-order valence-electron chi connectivity index (χ1n) is 19.7. The van der Waals surface area contributed by atoms with Gasteiger partial charge in [-0.3, -0.25) is 9.88 Å². The second-order valence-corrected chi connectivity index (χ2v) is 15.1. The Morgan fingerprint density at radius 2 is 1.58 bits per heavy atom. The van der Waals surface area contributed by atoms with Gasteiger partial charge in [0.25, 0.3) is 0 Å². The van der Waals surface area contributed by atoms with E-state index in [4.69, 9.17) is 23.9 Å². The third-order valence-electron chi connectivity index (χ3n) is 11.0. The van der Waals surface area contributed by atoms with Crippen LogP contribution in [0.2, 0.25) is 0 Å². The van der Waals surface area contributed by atoms with E-state index in [-0.39, 0.29) is 0 Å². The lowest BCUT2D eigenvalue weighted by Gasteiger charge is -2.40. The van der Waals surface area contributed by atoms with Gasteiger partial charge in [-0.05, 0) is 121 Å². The maximum absolute atomic E-state index is 5.69. The van der Waals surface area contributed by atoms with Crippen molar-refractivity contribution in [3.05, 3.63) is 107 Å². The van der Waals surface area contributed by atoms with Crippen molar-refractivity contribution >= 4 is 23.1 Å². The number of aromatic nitrogens is 1. The van der Waals surface area contributed by atoms with Crippen molar-refractivity contribution < 1.29 is 18.9 Å². The molecule has 1 aromatic heterocycles. The number of piperidine rings is 1. The maximum Gasteiger partial charge on any atom is 0.203 e. The summed E-state index contributed by atoms with van der Waals surface area (Å²) in [4.78, 5) is 11.3. The number of rotatable bonds is 14. The molecular weight excluding hydrogens is 705 g/mol. The fraction of sp³-hybridized carbons (Fsp3) is 0.413. The van der Waals surface area contributed by atoms with Gasteiger partial charge in [-0.2, -0.15) is 0 Å². The highest BCUT2D eigenvalue weighted by Gasteiger charge is 2.27. The summed E-state index contributed by atoms with van der Waals surface area (Å²) in [5.41, 5.74) is 9.51. The van der Waals surface area contributed by atoms with Gasteiger partial charge in [0.15, 0.2) is 11.5 Å². The number of thioether (sulfide) groups is 1. The molecule has 0 spiro atoms. The van der Waals surface area contributed by atoms with Crippen LogP contribution >= 0.6 is 11.8 Å². The van der Waals surface area contributed by atoms with Crippen LogP contribution in [0.1, 0.15) is 68.6 Å². The van der Waals surface area contributed by atoms with E-state index in [0.717, 1.165) is 73.8 Å². The molecule has 0 radical (unpaired) electrons. The summed E-state index contributed by atoms with van der Waals surface area (Å²) < 4.78 is 22.5. The van der Waals surface area contributed by atoms with Crippen molar-refractivity contribution in [2.75, 3.05) is 65.8 Å². The van der Waals surface area contributed by atoms with Crippen molar-refractivity contribution in [2.24, 2.45) is 0 Å². The van der Waals surface area contributed by atoms with E-state index in [9.17, 15) is 0 Å². The SMILES string of the molecule is CC.COc1cc(-c2cc(CN3CCC(N(CC4=CC=C(c5cc(OC)c(OC)c(OC)c5)NC4)c4cccc(SC)c4)CC3)ccn2)cc(C2CCC2)c1. The van der Waals surface area contributed by atoms with Crippen molar-refractivity contribution in [3.63, 3.8) is 0 Å². The topological polar surface area (TPSA) is 68.3 Å². The lowest BCUT2D eigenvalue weighted by atomic mass is 9.79. The molecule has 1 saturated heterocycles. The molecule has 0 amide bonds. The molecule has 1 aliphatic carbocycles. The molecule has 7 rings (SSSR count). The van der Waals surface area contributed by atoms with Crippen LogP contribution in [0.5, 0.6) is 23.0 Å². The zero-order valence-electron chi connectivity index (χ0n) is 33.7. The second-order valence-electron chi connectivity index (χ2n) is 14.2. The number of nitrogens with zero attached hydrogens (tertiary/aromatic N) is 3. The molecule has 3 aromatic carbocycles. The molecule has 0 bridgehead atoms. The predicted molar refractivity (Wildman–Crippen MR) is 228 cm³/mol. The fourth-order valence-electron chi connectivity index (χ4n) is 7.75. The predicted octanol–water partition coefficient (Wildman–Crippen LogP) is 9.84. The fourth-order valence-corrected chi connectivity index (χ4v) is 8.21. The van der Waals surface area contributed by atoms with Gasteiger partial charge in [-0.15, -0.1) is 11.8 Å². The van der Waals surface area contributed by atoms with E-state index >= 15 is 0 Å². The molecule has 1 saturated carbocycles. The second kappa shape index (κ2) is 19.3. The molecule has 0 unspecified atom stereocenters. The summed E-state index contributed by atoms with van der Waals surface area (Å²) in [6.07, 6.45) is 14.6. The zero-order valence-corrected chi connectivity index (χ0v) is 34.5. The lowest BCUT2D eigenvalue weighted by Crippen LogP contribution is -2.46. The molecule has 2 fully saturated rings. The summed E-state index contributed by atoms with van der Waals surface area (Å²) in [6, 6.07) is 24.5. The number of benzene rings is 3. The number of pyridine rings is 1. The number of nitrogens with one attached hydrogen (secondary N) is 1.